The minimum absolute atomic E-state index is 0.100. The van der Waals surface area contributed by atoms with Crippen molar-refractivity contribution < 1.29 is 14.0 Å². The maximum absolute atomic E-state index is 13.0. The number of para-hydroxylation sites is 1. The molecule has 0 fully saturated rings. The average Bonchev–Trinajstić information content (AvgIpc) is 2.62. The fourth-order valence-corrected chi connectivity index (χ4v) is 2.34. The van der Waals surface area contributed by atoms with Crippen LogP contribution in [0, 0.1) is 5.82 Å². The zero-order valence-electron chi connectivity index (χ0n) is 14.3. The lowest BCUT2D eigenvalue weighted by Crippen LogP contribution is -2.35. The molecule has 5 nitrogen and oxygen atoms in total. The van der Waals surface area contributed by atoms with E-state index in [0.29, 0.717) is 5.69 Å². The summed E-state index contributed by atoms with van der Waals surface area (Å²) in [6.07, 6.45) is 0.185. The Bertz CT molecular complexity index is 704. The molecule has 2 aromatic carbocycles. The van der Waals surface area contributed by atoms with Gasteiger partial charge in [0.1, 0.15) is 5.82 Å². The van der Waals surface area contributed by atoms with Crippen LogP contribution in [0.1, 0.15) is 24.9 Å². The van der Waals surface area contributed by atoms with Crippen LogP contribution in [0.15, 0.2) is 54.6 Å². The van der Waals surface area contributed by atoms with Gasteiger partial charge in [-0.1, -0.05) is 30.3 Å². The highest BCUT2D eigenvalue weighted by Crippen LogP contribution is 2.19. The summed E-state index contributed by atoms with van der Waals surface area (Å²) in [6, 6.07) is 14.6. The summed E-state index contributed by atoms with van der Waals surface area (Å²) in [5.74, 6) is -0.407. The Kier molecular flexibility index (Phi) is 6.51. The van der Waals surface area contributed by atoms with Crippen molar-refractivity contribution in [2.45, 2.75) is 19.4 Å². The number of hydrogen-bond donors (Lipinski definition) is 2. The van der Waals surface area contributed by atoms with E-state index in [1.807, 2.05) is 25.1 Å². The van der Waals surface area contributed by atoms with Crippen LogP contribution < -0.4 is 10.6 Å². The van der Waals surface area contributed by atoms with E-state index < -0.39 is 0 Å². The van der Waals surface area contributed by atoms with Gasteiger partial charge in [-0.05, 0) is 36.8 Å². The molecule has 6 heteroatoms. The number of urea groups is 1. The molecule has 0 aliphatic carbocycles. The Hall–Kier alpha value is -2.89. The quantitative estimate of drug-likeness (QED) is 0.842. The molecule has 2 N–H and O–H groups in total. The maximum Gasteiger partial charge on any atom is 0.319 e. The summed E-state index contributed by atoms with van der Waals surface area (Å²) < 4.78 is 13.0. The molecule has 3 amide bonds. The smallest absolute Gasteiger partial charge is 0.319 e. The molecular formula is C19H22FN3O2. The second-order valence-electron chi connectivity index (χ2n) is 5.73. The second kappa shape index (κ2) is 8.82. The summed E-state index contributed by atoms with van der Waals surface area (Å²) in [5, 5.41) is 5.34. The first-order chi connectivity index (χ1) is 12.0. The van der Waals surface area contributed by atoms with Crippen LogP contribution in [-0.4, -0.2) is 30.4 Å². The standard InChI is InChI=1S/C19H22FN3O2/c1-14(15-8-10-16(20)11-9-15)23(2)18(24)12-13-21-19(25)22-17-6-4-3-5-7-17/h3-11,14H,12-13H2,1-2H3,(H2,21,22,25). The van der Waals surface area contributed by atoms with Crippen LogP contribution in [0.3, 0.4) is 0 Å². The average molecular weight is 343 g/mol. The highest BCUT2D eigenvalue weighted by Gasteiger charge is 2.17. The third-order valence-corrected chi connectivity index (χ3v) is 3.98. The van der Waals surface area contributed by atoms with E-state index in [4.69, 9.17) is 0 Å². The Balaban J connectivity index is 1.77. The first kappa shape index (κ1) is 18.4. The maximum atomic E-state index is 13.0. The number of nitrogens with zero attached hydrogens (tertiary/aromatic N) is 1. The molecule has 0 saturated carbocycles. The number of amides is 3. The lowest BCUT2D eigenvalue weighted by Gasteiger charge is -2.25. The van der Waals surface area contributed by atoms with Gasteiger partial charge in [-0.15, -0.1) is 0 Å². The van der Waals surface area contributed by atoms with Crippen molar-refractivity contribution in [3.8, 4) is 0 Å². The topological polar surface area (TPSA) is 61.4 Å². The van der Waals surface area contributed by atoms with E-state index >= 15 is 0 Å². The van der Waals surface area contributed by atoms with Gasteiger partial charge in [0.05, 0.1) is 6.04 Å². The predicted octanol–water partition coefficient (Wildman–Crippen LogP) is 3.56. The fourth-order valence-electron chi connectivity index (χ4n) is 2.34. The molecule has 0 aliphatic rings. The van der Waals surface area contributed by atoms with Gasteiger partial charge < -0.3 is 15.5 Å². The molecule has 0 aliphatic heterocycles. The first-order valence-corrected chi connectivity index (χ1v) is 8.08. The molecule has 0 bridgehead atoms. The van der Waals surface area contributed by atoms with Crippen molar-refractivity contribution in [3.63, 3.8) is 0 Å². The van der Waals surface area contributed by atoms with Gasteiger partial charge in [0.2, 0.25) is 5.91 Å². The first-order valence-electron chi connectivity index (χ1n) is 8.08. The van der Waals surface area contributed by atoms with Crippen LogP contribution >= 0.6 is 0 Å². The van der Waals surface area contributed by atoms with E-state index in [9.17, 15) is 14.0 Å². The molecule has 0 saturated heterocycles. The number of rotatable bonds is 6. The largest absolute Gasteiger partial charge is 0.339 e. The fraction of sp³-hybridized carbons (Fsp3) is 0.263. The molecule has 2 rings (SSSR count). The second-order valence-corrected chi connectivity index (χ2v) is 5.73. The van der Waals surface area contributed by atoms with E-state index in [0.717, 1.165) is 5.56 Å². The Morgan fingerprint density at radius 3 is 2.36 bits per heavy atom. The van der Waals surface area contributed by atoms with Crippen LogP contribution in [0.2, 0.25) is 0 Å². The van der Waals surface area contributed by atoms with Gasteiger partial charge in [0, 0.05) is 25.7 Å². The molecular weight excluding hydrogens is 321 g/mol. The zero-order valence-corrected chi connectivity index (χ0v) is 14.3. The molecule has 0 heterocycles. The summed E-state index contributed by atoms with van der Waals surface area (Å²) in [6.45, 7) is 2.11. The number of anilines is 1. The summed E-state index contributed by atoms with van der Waals surface area (Å²) >= 11 is 0. The van der Waals surface area contributed by atoms with Crippen LogP contribution in [0.5, 0.6) is 0 Å². The minimum atomic E-state index is -0.353. The summed E-state index contributed by atoms with van der Waals surface area (Å²) in [5.41, 5.74) is 1.54. The number of carbonyl (C=O) groups is 2. The highest BCUT2D eigenvalue weighted by molar-refractivity contribution is 5.89. The molecule has 1 unspecified atom stereocenters. The summed E-state index contributed by atoms with van der Waals surface area (Å²) in [7, 11) is 1.69. The van der Waals surface area contributed by atoms with Gasteiger partial charge in [-0.3, -0.25) is 4.79 Å². The van der Waals surface area contributed by atoms with Crippen LogP contribution in [0.25, 0.3) is 0 Å². The number of benzene rings is 2. The van der Waals surface area contributed by atoms with E-state index in [2.05, 4.69) is 10.6 Å². The van der Waals surface area contributed by atoms with E-state index in [-0.39, 0.29) is 36.8 Å². The Morgan fingerprint density at radius 2 is 1.72 bits per heavy atom. The molecule has 0 spiro atoms. The Morgan fingerprint density at radius 1 is 1.08 bits per heavy atom. The molecule has 0 radical (unpaired) electrons. The zero-order chi connectivity index (χ0) is 18.2. The normalized spacial score (nSPS) is 11.5. The van der Waals surface area contributed by atoms with Crippen molar-refractivity contribution in [1.29, 1.82) is 0 Å². The predicted molar refractivity (Wildman–Crippen MR) is 95.7 cm³/mol. The van der Waals surface area contributed by atoms with Gasteiger partial charge >= 0.3 is 6.03 Å². The third-order valence-electron chi connectivity index (χ3n) is 3.98. The molecule has 25 heavy (non-hydrogen) atoms. The molecule has 0 aromatic heterocycles. The van der Waals surface area contributed by atoms with Crippen LogP contribution in [0.4, 0.5) is 14.9 Å². The van der Waals surface area contributed by atoms with Crippen molar-refractivity contribution >= 4 is 17.6 Å². The van der Waals surface area contributed by atoms with Gasteiger partial charge in [-0.2, -0.15) is 0 Å². The number of carbonyl (C=O) groups excluding carboxylic acids is 2. The lowest BCUT2D eigenvalue weighted by molar-refractivity contribution is -0.131. The van der Waals surface area contributed by atoms with Gasteiger partial charge in [0.25, 0.3) is 0 Å². The third kappa shape index (κ3) is 5.60. The molecule has 1 atom stereocenters. The number of halogens is 1. The van der Waals surface area contributed by atoms with E-state index in [1.165, 1.54) is 12.1 Å². The van der Waals surface area contributed by atoms with Crippen molar-refractivity contribution in [3.05, 3.63) is 66.0 Å². The monoisotopic (exact) mass is 343 g/mol. The number of nitrogens with one attached hydrogen (secondary N) is 2. The van der Waals surface area contributed by atoms with Gasteiger partial charge in [0.15, 0.2) is 0 Å². The van der Waals surface area contributed by atoms with E-state index in [1.54, 1.807) is 36.2 Å². The van der Waals surface area contributed by atoms with Crippen molar-refractivity contribution in [2.75, 3.05) is 18.9 Å². The van der Waals surface area contributed by atoms with Crippen LogP contribution in [-0.2, 0) is 4.79 Å². The SMILES string of the molecule is CC(c1ccc(F)cc1)N(C)C(=O)CCNC(=O)Nc1ccccc1. The van der Waals surface area contributed by atoms with Gasteiger partial charge in [-0.25, -0.2) is 9.18 Å². The highest BCUT2D eigenvalue weighted by atomic mass is 19.1. The summed E-state index contributed by atoms with van der Waals surface area (Å²) in [4.78, 5) is 25.6. The Labute approximate surface area is 146 Å². The molecule has 2 aromatic rings. The van der Waals surface area contributed by atoms with Crippen molar-refractivity contribution in [2.24, 2.45) is 0 Å². The van der Waals surface area contributed by atoms with Crippen molar-refractivity contribution in [1.82, 2.24) is 10.2 Å². The minimum Gasteiger partial charge on any atom is -0.339 e. The lowest BCUT2D eigenvalue weighted by atomic mass is 10.1. The number of hydrogen-bond acceptors (Lipinski definition) is 2. The molecule has 132 valence electrons.